The summed E-state index contributed by atoms with van der Waals surface area (Å²) in [5.41, 5.74) is 0.285. The molecule has 2 heteroatoms. The van der Waals surface area contributed by atoms with Crippen LogP contribution in [0.5, 0.6) is 0 Å². The van der Waals surface area contributed by atoms with Crippen molar-refractivity contribution in [1.29, 1.82) is 0 Å². The van der Waals surface area contributed by atoms with Gasteiger partial charge in [0.2, 0.25) is 0 Å². The van der Waals surface area contributed by atoms with Crippen LogP contribution in [0.4, 0.5) is 8.78 Å². The maximum Gasteiger partial charge on any atom is 0.161 e. The molecule has 1 aromatic carbocycles. The van der Waals surface area contributed by atoms with E-state index in [1.807, 2.05) is 0 Å². The van der Waals surface area contributed by atoms with Gasteiger partial charge < -0.3 is 0 Å². The SMILES string of the molecule is C/C(F)=C(/F)c1ccccc1. The van der Waals surface area contributed by atoms with Crippen molar-refractivity contribution in [2.75, 3.05) is 0 Å². The van der Waals surface area contributed by atoms with Gasteiger partial charge in [-0.25, -0.2) is 8.78 Å². The third-order valence-corrected chi connectivity index (χ3v) is 1.33. The summed E-state index contributed by atoms with van der Waals surface area (Å²) in [6.07, 6.45) is 0. The van der Waals surface area contributed by atoms with Crippen molar-refractivity contribution in [1.82, 2.24) is 0 Å². The molecule has 0 saturated heterocycles. The van der Waals surface area contributed by atoms with Gasteiger partial charge in [0.15, 0.2) is 5.83 Å². The van der Waals surface area contributed by atoms with E-state index in [9.17, 15) is 8.78 Å². The molecule has 0 aromatic heterocycles. The number of benzene rings is 1. The van der Waals surface area contributed by atoms with Crippen molar-refractivity contribution in [2.24, 2.45) is 0 Å². The van der Waals surface area contributed by atoms with Crippen LogP contribution < -0.4 is 0 Å². The molecule has 58 valence electrons. The summed E-state index contributed by atoms with van der Waals surface area (Å²) >= 11 is 0. The summed E-state index contributed by atoms with van der Waals surface area (Å²) in [6, 6.07) is 8.14. The highest BCUT2D eigenvalue weighted by Gasteiger charge is 2.02. The Hall–Kier alpha value is -1.18. The first-order valence-electron chi connectivity index (χ1n) is 3.29. The van der Waals surface area contributed by atoms with Gasteiger partial charge in [-0.2, -0.15) is 0 Å². The quantitative estimate of drug-likeness (QED) is 0.582. The van der Waals surface area contributed by atoms with Gasteiger partial charge in [-0.15, -0.1) is 0 Å². The van der Waals surface area contributed by atoms with Crippen LogP contribution >= 0.6 is 0 Å². The molecule has 0 unspecified atom stereocenters. The summed E-state index contributed by atoms with van der Waals surface area (Å²) in [7, 11) is 0. The minimum Gasteiger partial charge on any atom is -0.209 e. The molecule has 0 spiro atoms. The zero-order valence-electron chi connectivity index (χ0n) is 6.14. The van der Waals surface area contributed by atoms with Crippen LogP contribution in [0.2, 0.25) is 0 Å². The summed E-state index contributed by atoms with van der Waals surface area (Å²) in [5.74, 6) is -1.57. The van der Waals surface area contributed by atoms with Gasteiger partial charge in [0, 0.05) is 5.56 Å². The smallest absolute Gasteiger partial charge is 0.161 e. The molecule has 0 aliphatic carbocycles. The Balaban J connectivity index is 3.04. The monoisotopic (exact) mass is 154 g/mol. The Bertz CT molecular complexity index is 258. The Morgan fingerprint density at radius 3 is 2.09 bits per heavy atom. The fourth-order valence-electron chi connectivity index (χ4n) is 0.783. The lowest BCUT2D eigenvalue weighted by atomic mass is 10.2. The Kier molecular flexibility index (Phi) is 2.36. The highest BCUT2D eigenvalue weighted by Crippen LogP contribution is 2.19. The van der Waals surface area contributed by atoms with Crippen molar-refractivity contribution in [3.8, 4) is 0 Å². The van der Waals surface area contributed by atoms with Gasteiger partial charge in [-0.05, 0) is 6.92 Å². The fraction of sp³-hybridized carbons (Fsp3) is 0.111. The number of hydrogen-bond donors (Lipinski definition) is 0. The third kappa shape index (κ3) is 1.87. The zero-order chi connectivity index (χ0) is 8.27. The van der Waals surface area contributed by atoms with E-state index in [4.69, 9.17) is 0 Å². The average molecular weight is 154 g/mol. The second kappa shape index (κ2) is 3.28. The molecule has 0 radical (unpaired) electrons. The minimum atomic E-state index is -0.786. The predicted octanol–water partition coefficient (Wildman–Crippen LogP) is 3.31. The Morgan fingerprint density at radius 2 is 1.64 bits per heavy atom. The summed E-state index contributed by atoms with van der Waals surface area (Å²) in [6.45, 7) is 1.10. The lowest BCUT2D eigenvalue weighted by Gasteiger charge is -1.95. The van der Waals surface area contributed by atoms with Gasteiger partial charge in [0.25, 0.3) is 0 Å². The van der Waals surface area contributed by atoms with E-state index in [0.29, 0.717) is 0 Å². The van der Waals surface area contributed by atoms with E-state index in [0.717, 1.165) is 6.92 Å². The standard InChI is InChI=1S/C9H8F2/c1-7(10)9(11)8-5-3-2-4-6-8/h2-6H,1H3/b9-7-. The number of halogens is 2. The third-order valence-electron chi connectivity index (χ3n) is 1.33. The van der Waals surface area contributed by atoms with Crippen molar-refractivity contribution in [3.63, 3.8) is 0 Å². The van der Waals surface area contributed by atoms with E-state index in [1.54, 1.807) is 18.2 Å². The summed E-state index contributed by atoms with van der Waals surface area (Å²) < 4.78 is 25.0. The molecule has 0 aliphatic heterocycles. The van der Waals surface area contributed by atoms with Crippen LogP contribution in [0.15, 0.2) is 36.2 Å². The van der Waals surface area contributed by atoms with Crippen molar-refractivity contribution in [3.05, 3.63) is 41.7 Å². The maximum atomic E-state index is 12.8. The molecule has 1 rings (SSSR count). The first kappa shape index (κ1) is 7.92. The molecule has 0 amide bonds. The van der Waals surface area contributed by atoms with E-state index in [1.165, 1.54) is 12.1 Å². The largest absolute Gasteiger partial charge is 0.209 e. The number of allylic oxidation sites excluding steroid dienone is 1. The molecular weight excluding hydrogens is 146 g/mol. The number of hydrogen-bond acceptors (Lipinski definition) is 0. The zero-order valence-corrected chi connectivity index (χ0v) is 6.14. The van der Waals surface area contributed by atoms with E-state index < -0.39 is 11.7 Å². The molecule has 0 fully saturated rings. The molecular formula is C9H8F2. The van der Waals surface area contributed by atoms with Crippen LogP contribution in [-0.2, 0) is 0 Å². The van der Waals surface area contributed by atoms with Gasteiger partial charge in [-0.1, -0.05) is 30.3 Å². The minimum absolute atomic E-state index is 0.285. The van der Waals surface area contributed by atoms with Crippen LogP contribution in [0.3, 0.4) is 0 Å². The van der Waals surface area contributed by atoms with Crippen LogP contribution in [0.25, 0.3) is 5.83 Å². The molecule has 0 N–H and O–H groups in total. The second-order valence-corrected chi connectivity index (χ2v) is 2.21. The topological polar surface area (TPSA) is 0 Å². The average Bonchev–Trinajstić information content (AvgIpc) is 2.05. The van der Waals surface area contributed by atoms with Gasteiger partial charge >= 0.3 is 0 Å². The van der Waals surface area contributed by atoms with E-state index in [-0.39, 0.29) is 5.56 Å². The highest BCUT2D eigenvalue weighted by atomic mass is 19.2. The molecule has 0 nitrogen and oxygen atoms in total. The van der Waals surface area contributed by atoms with E-state index >= 15 is 0 Å². The maximum absolute atomic E-state index is 12.8. The van der Waals surface area contributed by atoms with Gasteiger partial charge in [0.1, 0.15) is 5.83 Å². The van der Waals surface area contributed by atoms with Gasteiger partial charge in [-0.3, -0.25) is 0 Å². The van der Waals surface area contributed by atoms with Crippen LogP contribution in [0.1, 0.15) is 12.5 Å². The van der Waals surface area contributed by atoms with Crippen LogP contribution in [0, 0.1) is 0 Å². The van der Waals surface area contributed by atoms with Crippen molar-refractivity contribution >= 4 is 5.83 Å². The first-order valence-corrected chi connectivity index (χ1v) is 3.29. The molecule has 0 bridgehead atoms. The Labute approximate surface area is 64.2 Å². The summed E-state index contributed by atoms with van der Waals surface area (Å²) in [5, 5.41) is 0. The van der Waals surface area contributed by atoms with Crippen LogP contribution in [-0.4, -0.2) is 0 Å². The van der Waals surface area contributed by atoms with E-state index in [2.05, 4.69) is 0 Å². The van der Waals surface area contributed by atoms with Gasteiger partial charge in [0.05, 0.1) is 0 Å². The molecule has 11 heavy (non-hydrogen) atoms. The molecule has 0 saturated carbocycles. The highest BCUT2D eigenvalue weighted by molar-refractivity contribution is 5.60. The second-order valence-electron chi connectivity index (χ2n) is 2.21. The first-order chi connectivity index (χ1) is 5.22. The molecule has 0 aliphatic rings. The Morgan fingerprint density at radius 1 is 1.09 bits per heavy atom. The normalized spacial score (nSPS) is 12.6. The summed E-state index contributed by atoms with van der Waals surface area (Å²) in [4.78, 5) is 0. The van der Waals surface area contributed by atoms with Crippen molar-refractivity contribution in [2.45, 2.75) is 6.92 Å². The molecule has 1 aromatic rings. The lowest BCUT2D eigenvalue weighted by Crippen LogP contribution is -1.77. The predicted molar refractivity (Wildman–Crippen MR) is 41.3 cm³/mol. The van der Waals surface area contributed by atoms with Crippen molar-refractivity contribution < 1.29 is 8.78 Å². The molecule has 0 atom stereocenters. The molecule has 0 heterocycles. The lowest BCUT2D eigenvalue weighted by molar-refractivity contribution is 0.606. The number of rotatable bonds is 1. The fourth-order valence-corrected chi connectivity index (χ4v) is 0.783.